The Hall–Kier alpha value is -1.42. The number of benzene rings is 2. The van der Waals surface area contributed by atoms with Crippen LogP contribution in [0.2, 0.25) is 0 Å². The fraction of sp³-hybridized carbons (Fsp3) is 0.143. The van der Waals surface area contributed by atoms with E-state index < -0.39 is 0 Å². The van der Waals surface area contributed by atoms with Gasteiger partial charge in [-0.1, -0.05) is 12.1 Å². The van der Waals surface area contributed by atoms with Gasteiger partial charge in [0.25, 0.3) is 0 Å². The summed E-state index contributed by atoms with van der Waals surface area (Å²) >= 11 is 3.19. The third kappa shape index (κ3) is 3.07. The van der Waals surface area contributed by atoms with Crippen molar-refractivity contribution in [2.75, 3.05) is 5.32 Å². The molecule has 0 spiro atoms. The van der Waals surface area contributed by atoms with E-state index in [2.05, 4.69) is 21.2 Å². The van der Waals surface area contributed by atoms with Gasteiger partial charge in [-0.15, -0.1) is 0 Å². The monoisotopic (exact) mass is 311 g/mol. The minimum absolute atomic E-state index is 0.282. The van der Waals surface area contributed by atoms with Crippen molar-refractivity contribution in [3.8, 4) is 0 Å². The quantitative estimate of drug-likeness (QED) is 0.870. The van der Waals surface area contributed by atoms with Gasteiger partial charge in [-0.2, -0.15) is 0 Å². The van der Waals surface area contributed by atoms with Crippen molar-refractivity contribution in [1.82, 2.24) is 0 Å². The first-order chi connectivity index (χ1) is 8.56. The number of aryl methyl sites for hydroxylation is 1. The van der Waals surface area contributed by atoms with Gasteiger partial charge in [-0.05, 0) is 58.2 Å². The highest BCUT2D eigenvalue weighted by atomic mass is 79.9. The topological polar surface area (TPSA) is 12.0 Å². The largest absolute Gasteiger partial charge is 0.381 e. The lowest BCUT2D eigenvalue weighted by atomic mass is 10.2. The molecule has 94 valence electrons. The van der Waals surface area contributed by atoms with E-state index in [-0.39, 0.29) is 11.6 Å². The summed E-state index contributed by atoms with van der Waals surface area (Å²) in [5.41, 5.74) is 2.32. The van der Waals surface area contributed by atoms with Crippen LogP contribution in [0.25, 0.3) is 0 Å². The first-order valence-electron chi connectivity index (χ1n) is 5.50. The number of halogens is 3. The Morgan fingerprint density at radius 3 is 2.67 bits per heavy atom. The number of anilines is 1. The molecule has 18 heavy (non-hydrogen) atoms. The Balaban J connectivity index is 2.14. The molecule has 0 atom stereocenters. The number of nitrogens with one attached hydrogen (secondary N) is 1. The van der Waals surface area contributed by atoms with Crippen LogP contribution in [-0.4, -0.2) is 0 Å². The second-order valence-electron chi connectivity index (χ2n) is 4.08. The normalized spacial score (nSPS) is 10.4. The van der Waals surface area contributed by atoms with Crippen molar-refractivity contribution in [3.05, 3.63) is 63.6 Å². The Bertz CT molecular complexity index is 549. The molecule has 0 heterocycles. The van der Waals surface area contributed by atoms with E-state index in [4.69, 9.17) is 0 Å². The molecule has 1 nitrogen and oxygen atoms in total. The molecular formula is C14H12BrF2N. The molecule has 0 aliphatic rings. The molecule has 0 amide bonds. The van der Waals surface area contributed by atoms with E-state index in [9.17, 15) is 8.78 Å². The molecule has 0 saturated carbocycles. The fourth-order valence-electron chi connectivity index (χ4n) is 1.72. The van der Waals surface area contributed by atoms with E-state index >= 15 is 0 Å². The van der Waals surface area contributed by atoms with Gasteiger partial charge < -0.3 is 5.32 Å². The highest BCUT2D eigenvalue weighted by molar-refractivity contribution is 9.10. The van der Waals surface area contributed by atoms with E-state index in [1.807, 2.05) is 19.1 Å². The molecule has 1 N–H and O–H groups in total. The van der Waals surface area contributed by atoms with Crippen LogP contribution in [-0.2, 0) is 6.54 Å². The van der Waals surface area contributed by atoms with Crippen molar-refractivity contribution in [3.63, 3.8) is 0 Å². The van der Waals surface area contributed by atoms with Crippen LogP contribution in [0.1, 0.15) is 11.1 Å². The minimum atomic E-state index is -0.301. The van der Waals surface area contributed by atoms with Crippen molar-refractivity contribution in [1.29, 1.82) is 0 Å². The maximum Gasteiger partial charge on any atom is 0.137 e. The van der Waals surface area contributed by atoms with Gasteiger partial charge in [0.1, 0.15) is 11.6 Å². The summed E-state index contributed by atoms with van der Waals surface area (Å²) in [6, 6.07) is 9.57. The third-order valence-electron chi connectivity index (χ3n) is 2.56. The Morgan fingerprint density at radius 1 is 1.17 bits per heavy atom. The predicted molar refractivity (Wildman–Crippen MR) is 72.6 cm³/mol. The summed E-state index contributed by atoms with van der Waals surface area (Å²) in [5, 5.41) is 3.07. The number of rotatable bonds is 3. The summed E-state index contributed by atoms with van der Waals surface area (Å²) in [6.07, 6.45) is 0. The molecular weight excluding hydrogens is 300 g/mol. The van der Waals surface area contributed by atoms with E-state index in [1.54, 1.807) is 6.07 Å². The highest BCUT2D eigenvalue weighted by Crippen LogP contribution is 2.22. The zero-order valence-electron chi connectivity index (χ0n) is 9.81. The van der Waals surface area contributed by atoms with E-state index in [0.29, 0.717) is 16.7 Å². The molecule has 0 aliphatic carbocycles. The van der Waals surface area contributed by atoms with Crippen LogP contribution in [0.15, 0.2) is 40.9 Å². The van der Waals surface area contributed by atoms with Gasteiger partial charge in [0, 0.05) is 12.2 Å². The van der Waals surface area contributed by atoms with Gasteiger partial charge in [0.2, 0.25) is 0 Å². The maximum absolute atomic E-state index is 13.3. The van der Waals surface area contributed by atoms with Crippen LogP contribution >= 0.6 is 15.9 Å². The molecule has 0 unspecified atom stereocenters. The lowest BCUT2D eigenvalue weighted by molar-refractivity contribution is 0.618. The van der Waals surface area contributed by atoms with Crippen LogP contribution in [0.3, 0.4) is 0 Å². The lowest BCUT2D eigenvalue weighted by Gasteiger charge is -2.09. The molecule has 0 aliphatic heterocycles. The van der Waals surface area contributed by atoms with Crippen LogP contribution in [0.4, 0.5) is 14.5 Å². The molecule has 0 bridgehead atoms. The fourth-order valence-corrected chi connectivity index (χ4v) is 2.13. The number of hydrogen-bond acceptors (Lipinski definition) is 1. The first kappa shape index (κ1) is 13.0. The van der Waals surface area contributed by atoms with Gasteiger partial charge in [0.05, 0.1) is 4.47 Å². The Kier molecular flexibility index (Phi) is 3.97. The van der Waals surface area contributed by atoms with Gasteiger partial charge in [-0.3, -0.25) is 0 Å². The Labute approximate surface area is 113 Å². The molecule has 4 heteroatoms. The molecule has 0 radical (unpaired) electrons. The van der Waals surface area contributed by atoms with E-state index in [1.165, 1.54) is 18.2 Å². The summed E-state index contributed by atoms with van der Waals surface area (Å²) in [5.74, 6) is -0.583. The molecule has 0 aromatic heterocycles. The van der Waals surface area contributed by atoms with E-state index in [0.717, 1.165) is 11.1 Å². The SMILES string of the molecule is Cc1cc(F)cc(NCc2cccc(F)c2Br)c1. The average Bonchev–Trinajstić information content (AvgIpc) is 2.30. The summed E-state index contributed by atoms with van der Waals surface area (Å²) < 4.78 is 26.9. The molecule has 0 fully saturated rings. The van der Waals surface area contributed by atoms with Crippen molar-refractivity contribution < 1.29 is 8.78 Å². The molecule has 2 aromatic rings. The third-order valence-corrected chi connectivity index (χ3v) is 3.44. The predicted octanol–water partition coefficient (Wildman–Crippen LogP) is 4.65. The minimum Gasteiger partial charge on any atom is -0.381 e. The molecule has 2 aromatic carbocycles. The second-order valence-corrected chi connectivity index (χ2v) is 4.88. The summed E-state index contributed by atoms with van der Waals surface area (Å²) in [6.45, 7) is 2.26. The lowest BCUT2D eigenvalue weighted by Crippen LogP contribution is -2.01. The zero-order chi connectivity index (χ0) is 13.1. The van der Waals surface area contributed by atoms with Crippen molar-refractivity contribution in [2.45, 2.75) is 13.5 Å². The average molecular weight is 312 g/mol. The van der Waals surface area contributed by atoms with Gasteiger partial charge >= 0.3 is 0 Å². The smallest absolute Gasteiger partial charge is 0.137 e. The van der Waals surface area contributed by atoms with Crippen LogP contribution in [0.5, 0.6) is 0 Å². The van der Waals surface area contributed by atoms with Crippen molar-refractivity contribution >= 4 is 21.6 Å². The summed E-state index contributed by atoms with van der Waals surface area (Å²) in [4.78, 5) is 0. The highest BCUT2D eigenvalue weighted by Gasteiger charge is 2.05. The van der Waals surface area contributed by atoms with Crippen molar-refractivity contribution in [2.24, 2.45) is 0 Å². The van der Waals surface area contributed by atoms with Gasteiger partial charge in [0.15, 0.2) is 0 Å². The van der Waals surface area contributed by atoms with Crippen LogP contribution in [0, 0.1) is 18.6 Å². The summed E-state index contributed by atoms with van der Waals surface area (Å²) in [7, 11) is 0. The standard InChI is InChI=1S/C14H12BrF2N/c1-9-5-11(16)7-12(6-9)18-8-10-3-2-4-13(17)14(10)15/h2-7,18H,8H2,1H3. The maximum atomic E-state index is 13.3. The van der Waals surface area contributed by atoms with Crippen LogP contribution < -0.4 is 5.32 Å². The molecule has 0 saturated heterocycles. The Morgan fingerprint density at radius 2 is 1.94 bits per heavy atom. The molecule has 2 rings (SSSR count). The number of hydrogen-bond donors (Lipinski definition) is 1. The van der Waals surface area contributed by atoms with Gasteiger partial charge in [-0.25, -0.2) is 8.78 Å². The second kappa shape index (κ2) is 5.48. The zero-order valence-corrected chi connectivity index (χ0v) is 11.4. The first-order valence-corrected chi connectivity index (χ1v) is 6.29.